The second-order valence-corrected chi connectivity index (χ2v) is 4.91. The van der Waals surface area contributed by atoms with Crippen LogP contribution in [0.3, 0.4) is 0 Å². The molecule has 1 amide bonds. The highest BCUT2D eigenvalue weighted by molar-refractivity contribution is 5.64. The van der Waals surface area contributed by atoms with Gasteiger partial charge in [-0.2, -0.15) is 0 Å². The van der Waals surface area contributed by atoms with Gasteiger partial charge in [0, 0.05) is 19.5 Å². The average Bonchev–Trinajstić information content (AvgIpc) is 2.18. The highest BCUT2D eigenvalue weighted by Gasteiger charge is 2.32. The average molecular weight is 209 g/mol. The van der Waals surface area contributed by atoms with Crippen molar-refractivity contribution < 1.29 is 9.90 Å². The van der Waals surface area contributed by atoms with Crippen molar-refractivity contribution in [1.29, 1.82) is 0 Å². The summed E-state index contributed by atoms with van der Waals surface area (Å²) in [7, 11) is 0. The molecule has 3 nitrogen and oxygen atoms in total. The molecule has 0 radical (unpaired) electrons. The minimum atomic E-state index is -0.803. The number of piperidine rings is 1. The van der Waals surface area contributed by atoms with Crippen molar-refractivity contribution in [2.24, 2.45) is 11.3 Å². The van der Waals surface area contributed by atoms with E-state index in [0.717, 1.165) is 19.3 Å². The van der Waals surface area contributed by atoms with E-state index in [4.69, 9.17) is 11.5 Å². The lowest BCUT2D eigenvalue weighted by molar-refractivity contribution is 0.0903. The lowest BCUT2D eigenvalue weighted by Gasteiger charge is -2.39. The van der Waals surface area contributed by atoms with Gasteiger partial charge in [-0.05, 0) is 24.2 Å². The lowest BCUT2D eigenvalue weighted by atomic mass is 9.72. The third kappa shape index (κ3) is 2.89. The summed E-state index contributed by atoms with van der Waals surface area (Å²) in [6.07, 6.45) is 7.17. The third-order valence-electron chi connectivity index (χ3n) is 3.43. The van der Waals surface area contributed by atoms with Gasteiger partial charge in [0.25, 0.3) is 0 Å². The molecule has 84 valence electrons. The molecule has 0 atom stereocenters. The SMILES string of the molecule is C#CCC(C)(C)C1CCN(C(=O)O)CC1. The van der Waals surface area contributed by atoms with Gasteiger partial charge in [0.05, 0.1) is 0 Å². The van der Waals surface area contributed by atoms with Crippen molar-refractivity contribution in [2.45, 2.75) is 33.1 Å². The predicted octanol–water partition coefficient (Wildman–Crippen LogP) is 2.43. The standard InChI is InChI=1S/C12H19NO2/c1-4-7-12(2,3)10-5-8-13(9-6-10)11(14)15/h1,10H,5-9H2,2-3H3,(H,14,15). The molecule has 1 rings (SSSR count). The monoisotopic (exact) mass is 209 g/mol. The van der Waals surface area contributed by atoms with Crippen LogP contribution in [0, 0.1) is 23.7 Å². The van der Waals surface area contributed by atoms with Crippen molar-refractivity contribution in [3.63, 3.8) is 0 Å². The summed E-state index contributed by atoms with van der Waals surface area (Å²) in [6.45, 7) is 5.64. The molecular weight excluding hydrogens is 190 g/mol. The first kappa shape index (κ1) is 11.9. The van der Waals surface area contributed by atoms with Crippen molar-refractivity contribution >= 4 is 6.09 Å². The number of hydrogen-bond donors (Lipinski definition) is 1. The van der Waals surface area contributed by atoms with Crippen LogP contribution in [0.1, 0.15) is 33.1 Å². The number of rotatable bonds is 2. The molecule has 15 heavy (non-hydrogen) atoms. The minimum Gasteiger partial charge on any atom is -0.465 e. The Hall–Kier alpha value is -1.17. The topological polar surface area (TPSA) is 40.5 Å². The van der Waals surface area contributed by atoms with E-state index in [2.05, 4.69) is 19.8 Å². The smallest absolute Gasteiger partial charge is 0.407 e. The van der Waals surface area contributed by atoms with Crippen LogP contribution in [0.5, 0.6) is 0 Å². The zero-order valence-electron chi connectivity index (χ0n) is 9.49. The highest BCUT2D eigenvalue weighted by atomic mass is 16.4. The van der Waals surface area contributed by atoms with Gasteiger partial charge in [-0.15, -0.1) is 12.3 Å². The minimum absolute atomic E-state index is 0.138. The van der Waals surface area contributed by atoms with Crippen molar-refractivity contribution in [3.05, 3.63) is 0 Å². The molecule has 0 saturated carbocycles. The maximum Gasteiger partial charge on any atom is 0.407 e. The quantitative estimate of drug-likeness (QED) is 0.709. The number of amides is 1. The zero-order valence-corrected chi connectivity index (χ0v) is 9.49. The molecule has 0 aromatic carbocycles. The number of carboxylic acid groups (broad SMARTS) is 1. The first-order chi connectivity index (χ1) is 6.97. The Morgan fingerprint density at radius 3 is 2.47 bits per heavy atom. The maximum atomic E-state index is 10.7. The fraction of sp³-hybridized carbons (Fsp3) is 0.750. The second-order valence-electron chi connectivity index (χ2n) is 4.91. The molecule has 0 aromatic rings. The summed E-state index contributed by atoms with van der Waals surface area (Å²) in [5.41, 5.74) is 0.138. The van der Waals surface area contributed by atoms with Crippen LogP contribution >= 0.6 is 0 Å². The van der Waals surface area contributed by atoms with Gasteiger partial charge in [0.15, 0.2) is 0 Å². The summed E-state index contributed by atoms with van der Waals surface area (Å²) in [6, 6.07) is 0. The normalized spacial score (nSPS) is 18.6. The van der Waals surface area contributed by atoms with Crippen LogP contribution in [-0.4, -0.2) is 29.2 Å². The molecule has 0 bridgehead atoms. The van der Waals surface area contributed by atoms with Gasteiger partial charge >= 0.3 is 6.09 Å². The summed E-state index contributed by atoms with van der Waals surface area (Å²) >= 11 is 0. The molecule has 1 fully saturated rings. The second kappa shape index (κ2) is 4.57. The van der Waals surface area contributed by atoms with E-state index >= 15 is 0 Å². The number of carbonyl (C=O) groups is 1. The molecule has 0 unspecified atom stereocenters. The van der Waals surface area contributed by atoms with Crippen LogP contribution in [-0.2, 0) is 0 Å². The molecule has 1 aliphatic rings. The predicted molar refractivity (Wildman–Crippen MR) is 59.6 cm³/mol. The van der Waals surface area contributed by atoms with Gasteiger partial charge in [-0.25, -0.2) is 4.79 Å². The maximum absolute atomic E-state index is 10.7. The Morgan fingerprint density at radius 1 is 1.53 bits per heavy atom. The van der Waals surface area contributed by atoms with Gasteiger partial charge in [0.1, 0.15) is 0 Å². The first-order valence-electron chi connectivity index (χ1n) is 5.38. The molecule has 1 heterocycles. The van der Waals surface area contributed by atoms with E-state index in [9.17, 15) is 4.79 Å². The van der Waals surface area contributed by atoms with Crippen molar-refractivity contribution in [1.82, 2.24) is 4.90 Å². The number of nitrogens with zero attached hydrogens (tertiary/aromatic N) is 1. The molecule has 3 heteroatoms. The number of likely N-dealkylation sites (tertiary alicyclic amines) is 1. The number of hydrogen-bond acceptors (Lipinski definition) is 1. The summed E-state index contributed by atoms with van der Waals surface area (Å²) in [4.78, 5) is 12.2. The summed E-state index contributed by atoms with van der Waals surface area (Å²) < 4.78 is 0. The summed E-state index contributed by atoms with van der Waals surface area (Å²) in [5.74, 6) is 3.25. The molecule has 1 aliphatic heterocycles. The van der Waals surface area contributed by atoms with Crippen LogP contribution in [0.4, 0.5) is 4.79 Å². The van der Waals surface area contributed by atoms with Crippen LogP contribution in [0.25, 0.3) is 0 Å². The Morgan fingerprint density at radius 2 is 2.07 bits per heavy atom. The van der Waals surface area contributed by atoms with E-state index < -0.39 is 6.09 Å². The van der Waals surface area contributed by atoms with Crippen LogP contribution < -0.4 is 0 Å². The van der Waals surface area contributed by atoms with E-state index in [1.807, 2.05) is 0 Å². The largest absolute Gasteiger partial charge is 0.465 e. The Balaban J connectivity index is 2.50. The van der Waals surface area contributed by atoms with E-state index in [1.54, 1.807) is 0 Å². The van der Waals surface area contributed by atoms with Gasteiger partial charge in [-0.1, -0.05) is 13.8 Å². The fourth-order valence-electron chi connectivity index (χ4n) is 2.26. The van der Waals surface area contributed by atoms with Crippen LogP contribution in [0.2, 0.25) is 0 Å². The highest BCUT2D eigenvalue weighted by Crippen LogP contribution is 2.37. The van der Waals surface area contributed by atoms with Crippen LogP contribution in [0.15, 0.2) is 0 Å². The van der Waals surface area contributed by atoms with Gasteiger partial charge in [-0.3, -0.25) is 0 Å². The van der Waals surface area contributed by atoms with Gasteiger partial charge in [0.2, 0.25) is 0 Å². The number of terminal acetylenes is 1. The van der Waals surface area contributed by atoms with E-state index in [0.29, 0.717) is 19.0 Å². The molecular formula is C12H19NO2. The van der Waals surface area contributed by atoms with E-state index in [-0.39, 0.29) is 5.41 Å². The molecule has 0 aromatic heterocycles. The Bertz CT molecular complexity index is 270. The van der Waals surface area contributed by atoms with Crippen molar-refractivity contribution in [3.8, 4) is 12.3 Å². The zero-order chi connectivity index (χ0) is 11.5. The third-order valence-corrected chi connectivity index (χ3v) is 3.43. The summed E-state index contributed by atoms with van der Waals surface area (Å²) in [5, 5.41) is 8.82. The van der Waals surface area contributed by atoms with E-state index in [1.165, 1.54) is 4.90 Å². The molecule has 0 spiro atoms. The van der Waals surface area contributed by atoms with Crippen molar-refractivity contribution in [2.75, 3.05) is 13.1 Å². The molecule has 1 N–H and O–H groups in total. The molecule has 0 aliphatic carbocycles. The lowest BCUT2D eigenvalue weighted by Crippen LogP contribution is -2.41. The molecule has 1 saturated heterocycles. The first-order valence-corrected chi connectivity index (χ1v) is 5.38. The Kier molecular flexibility index (Phi) is 3.62. The Labute approximate surface area is 91.5 Å². The fourth-order valence-corrected chi connectivity index (χ4v) is 2.26. The van der Waals surface area contributed by atoms with Gasteiger partial charge < -0.3 is 10.0 Å².